The van der Waals surface area contributed by atoms with E-state index in [4.69, 9.17) is 4.74 Å². The van der Waals surface area contributed by atoms with Gasteiger partial charge in [0, 0.05) is 19.6 Å². The van der Waals surface area contributed by atoms with Crippen LogP contribution < -0.4 is 15.5 Å². The molecule has 2 N–H and O–H groups in total. The van der Waals surface area contributed by atoms with Crippen molar-refractivity contribution in [2.45, 2.75) is 0 Å². The van der Waals surface area contributed by atoms with Gasteiger partial charge in [0.05, 0.1) is 25.1 Å². The summed E-state index contributed by atoms with van der Waals surface area (Å²) in [6.45, 7) is 7.12. The van der Waals surface area contributed by atoms with Crippen molar-refractivity contribution in [2.24, 2.45) is 0 Å². The Kier molecular flexibility index (Phi) is 4.74. The van der Waals surface area contributed by atoms with Gasteiger partial charge in [-0.25, -0.2) is 9.78 Å². The van der Waals surface area contributed by atoms with Crippen LogP contribution >= 0.6 is 0 Å². The van der Waals surface area contributed by atoms with Crippen LogP contribution in [0.1, 0.15) is 0 Å². The smallest absolute Gasteiger partial charge is 0.319 e. The third-order valence-electron chi connectivity index (χ3n) is 2.75. The number of nitrogens with zero attached hydrogens (tertiary/aromatic N) is 2. The van der Waals surface area contributed by atoms with E-state index >= 15 is 0 Å². The Labute approximate surface area is 112 Å². The maximum absolute atomic E-state index is 11.4. The molecule has 0 saturated carbocycles. The highest BCUT2D eigenvalue weighted by atomic mass is 16.5. The number of morpholine rings is 1. The quantitative estimate of drug-likeness (QED) is 0.801. The molecule has 0 aliphatic carbocycles. The SMILES string of the molecule is C=CCNC(=O)Nc1ccc(N2CCOCC2)nc1. The van der Waals surface area contributed by atoms with Crippen molar-refractivity contribution in [1.29, 1.82) is 0 Å². The van der Waals surface area contributed by atoms with Crippen LogP contribution in [0.15, 0.2) is 31.0 Å². The molecule has 19 heavy (non-hydrogen) atoms. The number of rotatable bonds is 4. The molecule has 0 unspecified atom stereocenters. The van der Waals surface area contributed by atoms with Crippen LogP contribution in [0.5, 0.6) is 0 Å². The second-order valence-electron chi connectivity index (χ2n) is 4.13. The number of carbonyl (C=O) groups is 1. The fourth-order valence-electron chi connectivity index (χ4n) is 1.78. The molecule has 0 atom stereocenters. The molecule has 6 nitrogen and oxygen atoms in total. The number of hydrogen-bond acceptors (Lipinski definition) is 4. The largest absolute Gasteiger partial charge is 0.378 e. The third kappa shape index (κ3) is 3.96. The molecular formula is C13H18N4O2. The second kappa shape index (κ2) is 6.75. The molecule has 102 valence electrons. The van der Waals surface area contributed by atoms with Gasteiger partial charge in [0.15, 0.2) is 0 Å². The van der Waals surface area contributed by atoms with Crippen LogP contribution in [0.4, 0.5) is 16.3 Å². The van der Waals surface area contributed by atoms with Crippen LogP contribution in [-0.2, 0) is 4.74 Å². The second-order valence-corrected chi connectivity index (χ2v) is 4.13. The van der Waals surface area contributed by atoms with E-state index in [-0.39, 0.29) is 6.03 Å². The predicted octanol–water partition coefficient (Wildman–Crippen LogP) is 1.23. The van der Waals surface area contributed by atoms with E-state index in [1.807, 2.05) is 12.1 Å². The van der Waals surface area contributed by atoms with Crippen molar-refractivity contribution in [3.05, 3.63) is 31.0 Å². The number of ether oxygens (including phenoxy) is 1. The summed E-state index contributed by atoms with van der Waals surface area (Å²) in [5.41, 5.74) is 0.665. The average molecular weight is 262 g/mol. The van der Waals surface area contributed by atoms with Gasteiger partial charge in [0.25, 0.3) is 0 Å². The number of pyridine rings is 1. The lowest BCUT2D eigenvalue weighted by atomic mass is 10.3. The van der Waals surface area contributed by atoms with Gasteiger partial charge in [-0.1, -0.05) is 6.08 Å². The first kappa shape index (κ1) is 13.4. The molecule has 0 radical (unpaired) electrons. The minimum Gasteiger partial charge on any atom is -0.378 e. The monoisotopic (exact) mass is 262 g/mol. The molecule has 1 aromatic rings. The maximum atomic E-state index is 11.4. The van der Waals surface area contributed by atoms with Gasteiger partial charge in [-0.15, -0.1) is 6.58 Å². The topological polar surface area (TPSA) is 66.5 Å². The number of nitrogens with one attached hydrogen (secondary N) is 2. The first-order valence-electron chi connectivity index (χ1n) is 6.24. The average Bonchev–Trinajstić information content (AvgIpc) is 2.47. The van der Waals surface area contributed by atoms with E-state index in [2.05, 4.69) is 27.1 Å². The summed E-state index contributed by atoms with van der Waals surface area (Å²) in [5, 5.41) is 5.34. The van der Waals surface area contributed by atoms with Crippen LogP contribution in [0, 0.1) is 0 Å². The minimum absolute atomic E-state index is 0.263. The molecule has 1 aliphatic rings. The molecule has 0 spiro atoms. The van der Waals surface area contributed by atoms with Crippen molar-refractivity contribution in [1.82, 2.24) is 10.3 Å². The van der Waals surface area contributed by atoms with E-state index in [1.165, 1.54) is 0 Å². The number of amides is 2. The third-order valence-corrected chi connectivity index (χ3v) is 2.75. The van der Waals surface area contributed by atoms with E-state index < -0.39 is 0 Å². The number of carbonyl (C=O) groups excluding carboxylic acids is 1. The van der Waals surface area contributed by atoms with E-state index in [0.29, 0.717) is 12.2 Å². The van der Waals surface area contributed by atoms with Crippen LogP contribution in [-0.4, -0.2) is 43.9 Å². The lowest BCUT2D eigenvalue weighted by Crippen LogP contribution is -2.36. The van der Waals surface area contributed by atoms with Crippen molar-refractivity contribution < 1.29 is 9.53 Å². The first-order valence-corrected chi connectivity index (χ1v) is 6.24. The van der Waals surface area contributed by atoms with Gasteiger partial charge in [-0.05, 0) is 12.1 Å². The van der Waals surface area contributed by atoms with Gasteiger partial charge in [0.1, 0.15) is 5.82 Å². The number of anilines is 2. The summed E-state index contributed by atoms with van der Waals surface area (Å²) in [7, 11) is 0. The van der Waals surface area contributed by atoms with Gasteiger partial charge >= 0.3 is 6.03 Å². The number of aromatic nitrogens is 1. The highest BCUT2D eigenvalue weighted by Crippen LogP contribution is 2.15. The number of hydrogen-bond donors (Lipinski definition) is 2. The molecule has 2 amide bonds. The molecule has 1 saturated heterocycles. The Morgan fingerprint density at radius 3 is 2.89 bits per heavy atom. The van der Waals surface area contributed by atoms with Gasteiger partial charge in [-0.3, -0.25) is 0 Å². The van der Waals surface area contributed by atoms with Crippen LogP contribution in [0.3, 0.4) is 0 Å². The zero-order chi connectivity index (χ0) is 13.5. The van der Waals surface area contributed by atoms with Crippen molar-refractivity contribution in [3.8, 4) is 0 Å². The Morgan fingerprint density at radius 1 is 1.47 bits per heavy atom. The normalized spacial score (nSPS) is 14.8. The van der Waals surface area contributed by atoms with Gasteiger partial charge in [-0.2, -0.15) is 0 Å². The van der Waals surface area contributed by atoms with Crippen molar-refractivity contribution in [2.75, 3.05) is 43.1 Å². The minimum atomic E-state index is -0.263. The van der Waals surface area contributed by atoms with E-state index in [9.17, 15) is 4.79 Å². The Morgan fingerprint density at radius 2 is 2.26 bits per heavy atom. The highest BCUT2D eigenvalue weighted by molar-refractivity contribution is 5.89. The predicted molar refractivity (Wildman–Crippen MR) is 74.5 cm³/mol. The standard InChI is InChI=1S/C13H18N4O2/c1-2-5-14-13(18)16-11-3-4-12(15-10-11)17-6-8-19-9-7-17/h2-4,10H,1,5-9H2,(H2,14,16,18). The molecule has 2 heterocycles. The highest BCUT2D eigenvalue weighted by Gasteiger charge is 2.12. The fraction of sp³-hybridized carbons (Fsp3) is 0.385. The lowest BCUT2D eigenvalue weighted by Gasteiger charge is -2.27. The van der Waals surface area contributed by atoms with Crippen LogP contribution in [0.2, 0.25) is 0 Å². The van der Waals surface area contributed by atoms with Crippen LogP contribution in [0.25, 0.3) is 0 Å². The zero-order valence-electron chi connectivity index (χ0n) is 10.8. The molecule has 2 rings (SSSR count). The van der Waals surface area contributed by atoms with E-state index in [0.717, 1.165) is 32.1 Å². The summed E-state index contributed by atoms with van der Waals surface area (Å²) in [5.74, 6) is 0.903. The molecular weight excluding hydrogens is 244 g/mol. The molecule has 6 heteroatoms. The summed E-state index contributed by atoms with van der Waals surface area (Å²) in [4.78, 5) is 17.9. The molecule has 1 fully saturated rings. The molecule has 1 aliphatic heterocycles. The van der Waals surface area contributed by atoms with Crippen molar-refractivity contribution >= 4 is 17.5 Å². The van der Waals surface area contributed by atoms with Gasteiger partial charge < -0.3 is 20.3 Å². The number of urea groups is 1. The Hall–Kier alpha value is -2.08. The fourth-order valence-corrected chi connectivity index (χ4v) is 1.78. The maximum Gasteiger partial charge on any atom is 0.319 e. The first-order chi connectivity index (χ1) is 9.29. The Balaban J connectivity index is 1.90. The summed E-state index contributed by atoms with van der Waals surface area (Å²) in [6.07, 6.45) is 3.28. The summed E-state index contributed by atoms with van der Waals surface area (Å²) >= 11 is 0. The van der Waals surface area contributed by atoms with E-state index in [1.54, 1.807) is 12.3 Å². The molecule has 0 bridgehead atoms. The lowest BCUT2D eigenvalue weighted by molar-refractivity contribution is 0.122. The zero-order valence-corrected chi connectivity index (χ0v) is 10.8. The summed E-state index contributed by atoms with van der Waals surface area (Å²) < 4.78 is 5.29. The van der Waals surface area contributed by atoms with Crippen molar-refractivity contribution in [3.63, 3.8) is 0 Å². The molecule has 1 aromatic heterocycles. The van der Waals surface area contributed by atoms with Gasteiger partial charge in [0.2, 0.25) is 0 Å². The molecule has 0 aromatic carbocycles. The Bertz CT molecular complexity index is 427. The summed E-state index contributed by atoms with van der Waals surface area (Å²) in [6, 6.07) is 3.47.